The summed E-state index contributed by atoms with van der Waals surface area (Å²) in [4.78, 5) is 0. The third-order valence-electron chi connectivity index (χ3n) is 3.08. The third kappa shape index (κ3) is 3.32. The van der Waals surface area contributed by atoms with Gasteiger partial charge in [-0.25, -0.2) is 4.39 Å². The Morgan fingerprint density at radius 1 is 1.11 bits per heavy atom. The van der Waals surface area contributed by atoms with Crippen molar-refractivity contribution in [3.63, 3.8) is 0 Å². The number of aryl methyl sites for hydroxylation is 1. The first kappa shape index (κ1) is 13.6. The van der Waals surface area contributed by atoms with Crippen molar-refractivity contribution in [3.8, 4) is 0 Å². The molecule has 0 amide bonds. The summed E-state index contributed by atoms with van der Waals surface area (Å²) >= 11 is 0. The molecular formula is C16H18FNO. The first-order valence-electron chi connectivity index (χ1n) is 6.28. The Morgan fingerprint density at radius 2 is 1.84 bits per heavy atom. The standard InChI is InChI=1S/C16H18FNO/c1-12-7-6-10-14(17)16(12)18-15(11-19-2)13-8-4-3-5-9-13/h3-10,15,18H,11H2,1-2H3. The molecule has 2 aromatic carbocycles. The molecule has 0 aliphatic carbocycles. The molecule has 2 aromatic rings. The van der Waals surface area contributed by atoms with Crippen LogP contribution in [0.5, 0.6) is 0 Å². The second kappa shape index (κ2) is 6.34. The smallest absolute Gasteiger partial charge is 0.146 e. The molecule has 0 aliphatic rings. The molecule has 19 heavy (non-hydrogen) atoms. The summed E-state index contributed by atoms with van der Waals surface area (Å²) < 4.78 is 19.1. The monoisotopic (exact) mass is 259 g/mol. The molecule has 0 bridgehead atoms. The molecule has 1 unspecified atom stereocenters. The van der Waals surface area contributed by atoms with E-state index in [1.54, 1.807) is 13.2 Å². The summed E-state index contributed by atoms with van der Waals surface area (Å²) in [6, 6.07) is 14.9. The number of hydrogen-bond acceptors (Lipinski definition) is 2. The Balaban J connectivity index is 2.27. The van der Waals surface area contributed by atoms with E-state index in [1.165, 1.54) is 6.07 Å². The largest absolute Gasteiger partial charge is 0.382 e. The Labute approximate surface area is 113 Å². The fourth-order valence-electron chi connectivity index (χ4n) is 2.06. The molecule has 1 N–H and O–H groups in total. The zero-order valence-corrected chi connectivity index (χ0v) is 11.2. The summed E-state index contributed by atoms with van der Waals surface area (Å²) in [5.41, 5.74) is 2.50. The van der Waals surface area contributed by atoms with Crippen LogP contribution in [0.3, 0.4) is 0 Å². The van der Waals surface area contributed by atoms with E-state index in [9.17, 15) is 4.39 Å². The first-order chi connectivity index (χ1) is 9.22. The second-order valence-electron chi connectivity index (χ2n) is 4.49. The van der Waals surface area contributed by atoms with Gasteiger partial charge in [-0.3, -0.25) is 0 Å². The van der Waals surface area contributed by atoms with Gasteiger partial charge in [-0.2, -0.15) is 0 Å². The molecule has 0 saturated heterocycles. The van der Waals surface area contributed by atoms with Gasteiger partial charge in [-0.05, 0) is 24.1 Å². The van der Waals surface area contributed by atoms with E-state index in [1.807, 2.05) is 43.3 Å². The van der Waals surface area contributed by atoms with E-state index in [2.05, 4.69) is 5.32 Å². The van der Waals surface area contributed by atoms with Gasteiger partial charge < -0.3 is 10.1 Å². The Kier molecular flexibility index (Phi) is 4.53. The SMILES string of the molecule is COCC(Nc1c(C)cccc1F)c1ccccc1. The van der Waals surface area contributed by atoms with Crippen LogP contribution in [-0.2, 0) is 4.74 Å². The minimum absolute atomic E-state index is 0.0678. The highest BCUT2D eigenvalue weighted by atomic mass is 19.1. The lowest BCUT2D eigenvalue weighted by atomic mass is 10.1. The number of para-hydroxylation sites is 1. The summed E-state index contributed by atoms with van der Waals surface area (Å²) in [5, 5.41) is 3.23. The van der Waals surface area contributed by atoms with Crippen LogP contribution in [0, 0.1) is 12.7 Å². The van der Waals surface area contributed by atoms with Crippen LogP contribution in [0.2, 0.25) is 0 Å². The molecular weight excluding hydrogens is 241 g/mol. The Hall–Kier alpha value is -1.87. The van der Waals surface area contributed by atoms with E-state index in [4.69, 9.17) is 4.74 Å². The second-order valence-corrected chi connectivity index (χ2v) is 4.49. The molecule has 2 rings (SSSR count). The fraction of sp³-hybridized carbons (Fsp3) is 0.250. The number of methoxy groups -OCH3 is 1. The first-order valence-corrected chi connectivity index (χ1v) is 6.28. The molecule has 0 saturated carbocycles. The highest BCUT2D eigenvalue weighted by Crippen LogP contribution is 2.25. The summed E-state index contributed by atoms with van der Waals surface area (Å²) in [6.07, 6.45) is 0. The number of anilines is 1. The molecule has 0 aromatic heterocycles. The average molecular weight is 259 g/mol. The number of halogens is 1. The predicted molar refractivity (Wildman–Crippen MR) is 75.8 cm³/mol. The lowest BCUT2D eigenvalue weighted by molar-refractivity contribution is 0.186. The van der Waals surface area contributed by atoms with Crippen molar-refractivity contribution in [1.29, 1.82) is 0 Å². The van der Waals surface area contributed by atoms with E-state index < -0.39 is 0 Å². The van der Waals surface area contributed by atoms with Crippen LogP contribution in [0.25, 0.3) is 0 Å². The van der Waals surface area contributed by atoms with E-state index >= 15 is 0 Å². The van der Waals surface area contributed by atoms with Crippen molar-refractivity contribution >= 4 is 5.69 Å². The van der Waals surface area contributed by atoms with Gasteiger partial charge in [0.15, 0.2) is 0 Å². The number of hydrogen-bond donors (Lipinski definition) is 1. The van der Waals surface area contributed by atoms with Gasteiger partial charge in [0.25, 0.3) is 0 Å². The highest BCUT2D eigenvalue weighted by Gasteiger charge is 2.14. The number of rotatable bonds is 5. The van der Waals surface area contributed by atoms with Gasteiger partial charge in [0.2, 0.25) is 0 Å². The lowest BCUT2D eigenvalue weighted by Crippen LogP contribution is -2.17. The van der Waals surface area contributed by atoms with Crippen molar-refractivity contribution in [2.24, 2.45) is 0 Å². The minimum Gasteiger partial charge on any atom is -0.382 e. The molecule has 0 radical (unpaired) electrons. The van der Waals surface area contributed by atoms with Gasteiger partial charge in [0, 0.05) is 7.11 Å². The molecule has 0 spiro atoms. The zero-order valence-electron chi connectivity index (χ0n) is 11.2. The van der Waals surface area contributed by atoms with Crippen LogP contribution in [0.15, 0.2) is 48.5 Å². The maximum atomic E-state index is 13.9. The minimum atomic E-state index is -0.239. The fourth-order valence-corrected chi connectivity index (χ4v) is 2.06. The summed E-state index contributed by atoms with van der Waals surface area (Å²) in [7, 11) is 1.64. The highest BCUT2D eigenvalue weighted by molar-refractivity contribution is 5.53. The molecule has 1 atom stereocenters. The van der Waals surface area contributed by atoms with Gasteiger partial charge >= 0.3 is 0 Å². The number of nitrogens with one attached hydrogen (secondary N) is 1. The molecule has 3 heteroatoms. The van der Waals surface area contributed by atoms with Crippen LogP contribution in [-0.4, -0.2) is 13.7 Å². The van der Waals surface area contributed by atoms with E-state index in [-0.39, 0.29) is 11.9 Å². The third-order valence-corrected chi connectivity index (χ3v) is 3.08. The maximum absolute atomic E-state index is 13.9. The van der Waals surface area contributed by atoms with Crippen molar-refractivity contribution < 1.29 is 9.13 Å². The molecule has 0 fully saturated rings. The summed E-state index contributed by atoms with van der Waals surface area (Å²) in [6.45, 7) is 2.37. The van der Waals surface area contributed by atoms with Crippen LogP contribution in [0.1, 0.15) is 17.2 Å². The van der Waals surface area contributed by atoms with Crippen LogP contribution in [0.4, 0.5) is 10.1 Å². The number of benzene rings is 2. The van der Waals surface area contributed by atoms with Crippen molar-refractivity contribution in [2.75, 3.05) is 19.0 Å². The maximum Gasteiger partial charge on any atom is 0.146 e. The van der Waals surface area contributed by atoms with Gasteiger partial charge in [0.1, 0.15) is 5.82 Å². The van der Waals surface area contributed by atoms with Crippen molar-refractivity contribution in [2.45, 2.75) is 13.0 Å². The quantitative estimate of drug-likeness (QED) is 0.878. The number of ether oxygens (including phenoxy) is 1. The van der Waals surface area contributed by atoms with Gasteiger partial charge in [-0.1, -0.05) is 42.5 Å². The van der Waals surface area contributed by atoms with E-state index in [0.717, 1.165) is 11.1 Å². The van der Waals surface area contributed by atoms with Crippen LogP contribution >= 0.6 is 0 Å². The average Bonchev–Trinajstić information content (AvgIpc) is 2.43. The summed E-state index contributed by atoms with van der Waals surface area (Å²) in [5.74, 6) is -0.239. The predicted octanol–water partition coefficient (Wildman–Crippen LogP) is 3.93. The van der Waals surface area contributed by atoms with E-state index in [0.29, 0.717) is 12.3 Å². The Bertz CT molecular complexity index is 507. The molecule has 0 aliphatic heterocycles. The van der Waals surface area contributed by atoms with Gasteiger partial charge in [0.05, 0.1) is 18.3 Å². The van der Waals surface area contributed by atoms with Gasteiger partial charge in [-0.15, -0.1) is 0 Å². The van der Waals surface area contributed by atoms with Crippen molar-refractivity contribution in [3.05, 3.63) is 65.5 Å². The normalized spacial score (nSPS) is 12.2. The topological polar surface area (TPSA) is 21.3 Å². The molecule has 0 heterocycles. The van der Waals surface area contributed by atoms with Crippen molar-refractivity contribution in [1.82, 2.24) is 0 Å². The Morgan fingerprint density at radius 3 is 2.47 bits per heavy atom. The molecule has 100 valence electrons. The van der Waals surface area contributed by atoms with Crippen LogP contribution < -0.4 is 5.32 Å². The lowest BCUT2D eigenvalue weighted by Gasteiger charge is -2.21. The zero-order chi connectivity index (χ0) is 13.7. The molecule has 2 nitrogen and oxygen atoms in total.